The molecule has 2 aromatic carbocycles. The summed E-state index contributed by atoms with van der Waals surface area (Å²) in [5.74, 6) is -1.77. The summed E-state index contributed by atoms with van der Waals surface area (Å²) in [5, 5.41) is 8.18. The highest BCUT2D eigenvalue weighted by Gasteiger charge is 2.40. The lowest BCUT2D eigenvalue weighted by Crippen LogP contribution is -2.32. The van der Waals surface area contributed by atoms with Gasteiger partial charge in [0.15, 0.2) is 0 Å². The van der Waals surface area contributed by atoms with E-state index in [1.807, 2.05) is 50.4 Å². The van der Waals surface area contributed by atoms with Gasteiger partial charge in [0.2, 0.25) is 0 Å². The van der Waals surface area contributed by atoms with Crippen LogP contribution in [-0.4, -0.2) is 35.9 Å². The van der Waals surface area contributed by atoms with Crippen molar-refractivity contribution in [1.82, 2.24) is 15.1 Å². The molecule has 7 heteroatoms. The number of para-hydroxylation sites is 1. The second kappa shape index (κ2) is 9.85. The van der Waals surface area contributed by atoms with E-state index in [1.165, 1.54) is 14.2 Å². The molecule has 36 heavy (non-hydrogen) atoms. The van der Waals surface area contributed by atoms with E-state index >= 15 is 0 Å². The topological polar surface area (TPSA) is 82.5 Å². The van der Waals surface area contributed by atoms with Gasteiger partial charge in [0.05, 0.1) is 42.7 Å². The van der Waals surface area contributed by atoms with E-state index in [4.69, 9.17) is 14.6 Å². The quantitative estimate of drug-likeness (QED) is 0.510. The second-order valence-corrected chi connectivity index (χ2v) is 9.11. The molecule has 0 atom stereocenters. The Balaban J connectivity index is 2.09. The van der Waals surface area contributed by atoms with Gasteiger partial charge in [-0.15, -0.1) is 0 Å². The Kier molecular flexibility index (Phi) is 6.84. The molecule has 7 nitrogen and oxygen atoms in total. The fraction of sp³-hybridized carbons (Fsp3) is 0.276. The SMILES string of the molecule is COC(=O)C1=C(C)NC(C)=C(C(=O)OC)C1c1cn(-c2ccccc2)nc1-c1c(C)cc(C)cc1C. The van der Waals surface area contributed by atoms with E-state index in [-0.39, 0.29) is 0 Å². The molecule has 0 aliphatic carbocycles. The van der Waals surface area contributed by atoms with Gasteiger partial charge in [-0.05, 0) is 57.9 Å². The van der Waals surface area contributed by atoms with E-state index in [2.05, 4.69) is 24.4 Å². The lowest BCUT2D eigenvalue weighted by molar-refractivity contribution is -0.137. The Morgan fingerprint density at radius 2 is 1.39 bits per heavy atom. The number of nitrogens with zero attached hydrogens (tertiary/aromatic N) is 2. The number of carbonyl (C=O) groups excluding carboxylic acids is 2. The first-order valence-corrected chi connectivity index (χ1v) is 11.8. The fourth-order valence-electron chi connectivity index (χ4n) is 5.13. The fourth-order valence-corrected chi connectivity index (χ4v) is 5.13. The average Bonchev–Trinajstić information content (AvgIpc) is 3.27. The number of hydrogen-bond acceptors (Lipinski definition) is 6. The number of carbonyl (C=O) groups is 2. The third-order valence-corrected chi connectivity index (χ3v) is 6.56. The Labute approximate surface area is 211 Å². The molecule has 186 valence electrons. The highest BCUT2D eigenvalue weighted by atomic mass is 16.5. The Morgan fingerprint density at radius 3 is 1.89 bits per heavy atom. The van der Waals surface area contributed by atoms with Gasteiger partial charge in [0, 0.05) is 28.7 Å². The van der Waals surface area contributed by atoms with Crippen LogP contribution in [0.3, 0.4) is 0 Å². The molecule has 0 radical (unpaired) electrons. The molecule has 3 aromatic rings. The maximum absolute atomic E-state index is 13.1. The third-order valence-electron chi connectivity index (χ3n) is 6.56. The molecule has 1 aliphatic rings. The molecule has 0 fully saturated rings. The molecular formula is C29H31N3O4. The van der Waals surface area contributed by atoms with Crippen LogP contribution in [0, 0.1) is 20.8 Å². The molecule has 4 rings (SSSR count). The summed E-state index contributed by atoms with van der Waals surface area (Å²) < 4.78 is 12.1. The molecule has 0 amide bonds. The zero-order valence-electron chi connectivity index (χ0n) is 21.7. The van der Waals surface area contributed by atoms with Gasteiger partial charge >= 0.3 is 11.9 Å². The second-order valence-electron chi connectivity index (χ2n) is 9.11. The number of dihydropyridines is 1. The lowest BCUT2D eigenvalue weighted by Gasteiger charge is -2.30. The van der Waals surface area contributed by atoms with E-state index < -0.39 is 17.9 Å². The minimum Gasteiger partial charge on any atom is -0.466 e. The van der Waals surface area contributed by atoms with E-state index in [1.54, 1.807) is 18.5 Å². The molecule has 0 saturated heterocycles. The first kappa shape index (κ1) is 25.0. The number of allylic oxidation sites excluding steroid dienone is 2. The minimum atomic E-state index is -0.737. The predicted octanol–water partition coefficient (Wildman–Crippen LogP) is 5.05. The first-order chi connectivity index (χ1) is 17.2. The van der Waals surface area contributed by atoms with E-state index in [0.29, 0.717) is 28.2 Å². The summed E-state index contributed by atoms with van der Waals surface area (Å²) >= 11 is 0. The van der Waals surface area contributed by atoms with Gasteiger partial charge in [-0.3, -0.25) is 0 Å². The molecular weight excluding hydrogens is 454 g/mol. The molecule has 1 aromatic heterocycles. The average molecular weight is 486 g/mol. The van der Waals surface area contributed by atoms with Gasteiger partial charge in [0.1, 0.15) is 0 Å². The molecule has 0 spiro atoms. The summed E-state index contributed by atoms with van der Waals surface area (Å²) in [5.41, 5.74) is 8.44. The monoisotopic (exact) mass is 485 g/mol. The number of nitrogens with one attached hydrogen (secondary N) is 1. The number of ether oxygens (including phenoxy) is 2. The highest BCUT2D eigenvalue weighted by Crippen LogP contribution is 2.44. The molecule has 1 aliphatic heterocycles. The van der Waals surface area contributed by atoms with Crippen molar-refractivity contribution in [2.75, 3.05) is 14.2 Å². The van der Waals surface area contributed by atoms with E-state index in [0.717, 1.165) is 33.5 Å². The van der Waals surface area contributed by atoms with Gasteiger partial charge in [-0.2, -0.15) is 5.10 Å². The number of benzene rings is 2. The molecule has 1 N–H and O–H groups in total. The third kappa shape index (κ3) is 4.33. The number of aromatic nitrogens is 2. The van der Waals surface area contributed by atoms with Gasteiger partial charge < -0.3 is 14.8 Å². The van der Waals surface area contributed by atoms with Crippen LogP contribution in [0.4, 0.5) is 0 Å². The van der Waals surface area contributed by atoms with Crippen LogP contribution in [-0.2, 0) is 19.1 Å². The number of methoxy groups -OCH3 is 2. The maximum Gasteiger partial charge on any atom is 0.336 e. The van der Waals surface area contributed by atoms with Crippen LogP contribution in [0.1, 0.15) is 42.0 Å². The zero-order valence-corrected chi connectivity index (χ0v) is 21.7. The minimum absolute atomic E-state index is 0.347. The van der Waals surface area contributed by atoms with Crippen molar-refractivity contribution >= 4 is 11.9 Å². The van der Waals surface area contributed by atoms with Crippen molar-refractivity contribution in [3.8, 4) is 16.9 Å². The summed E-state index contributed by atoms with van der Waals surface area (Å²) in [6, 6.07) is 14.0. The van der Waals surface area contributed by atoms with Crippen LogP contribution in [0.15, 0.2) is 71.2 Å². The Hall–Kier alpha value is -4.13. The van der Waals surface area contributed by atoms with Crippen molar-refractivity contribution in [2.24, 2.45) is 0 Å². The van der Waals surface area contributed by atoms with E-state index in [9.17, 15) is 9.59 Å². The molecule has 0 saturated carbocycles. The number of rotatable bonds is 5. The zero-order chi connectivity index (χ0) is 26.1. The number of esters is 2. The molecule has 0 unspecified atom stereocenters. The lowest BCUT2D eigenvalue weighted by atomic mass is 9.79. The normalized spacial score (nSPS) is 14.1. The molecule has 0 bridgehead atoms. The Bertz CT molecular complexity index is 1350. The largest absolute Gasteiger partial charge is 0.466 e. The van der Waals surface area contributed by atoms with Gasteiger partial charge in [-0.1, -0.05) is 35.9 Å². The highest BCUT2D eigenvalue weighted by molar-refractivity contribution is 6.00. The van der Waals surface area contributed by atoms with Crippen molar-refractivity contribution in [3.05, 3.63) is 93.5 Å². The van der Waals surface area contributed by atoms with Crippen molar-refractivity contribution in [2.45, 2.75) is 40.5 Å². The van der Waals surface area contributed by atoms with Gasteiger partial charge in [0.25, 0.3) is 0 Å². The van der Waals surface area contributed by atoms with Crippen LogP contribution >= 0.6 is 0 Å². The summed E-state index contributed by atoms with van der Waals surface area (Å²) in [6.45, 7) is 9.77. The smallest absolute Gasteiger partial charge is 0.336 e. The van der Waals surface area contributed by atoms with Crippen molar-refractivity contribution in [3.63, 3.8) is 0 Å². The van der Waals surface area contributed by atoms with Crippen LogP contribution in [0.25, 0.3) is 16.9 Å². The van der Waals surface area contributed by atoms with Crippen LogP contribution < -0.4 is 5.32 Å². The molecule has 2 heterocycles. The maximum atomic E-state index is 13.1. The predicted molar refractivity (Wildman–Crippen MR) is 139 cm³/mol. The first-order valence-electron chi connectivity index (χ1n) is 11.8. The van der Waals surface area contributed by atoms with Crippen LogP contribution in [0.2, 0.25) is 0 Å². The summed E-state index contributed by atoms with van der Waals surface area (Å²) in [7, 11) is 2.68. The summed E-state index contributed by atoms with van der Waals surface area (Å²) in [4.78, 5) is 26.2. The number of aryl methyl sites for hydroxylation is 3. The Morgan fingerprint density at radius 1 is 0.861 bits per heavy atom. The van der Waals surface area contributed by atoms with Crippen molar-refractivity contribution < 1.29 is 19.1 Å². The number of hydrogen-bond donors (Lipinski definition) is 1. The summed E-state index contributed by atoms with van der Waals surface area (Å²) in [6.07, 6.45) is 1.89. The van der Waals surface area contributed by atoms with Gasteiger partial charge in [-0.25, -0.2) is 14.3 Å². The van der Waals surface area contributed by atoms with Crippen LogP contribution in [0.5, 0.6) is 0 Å². The standard InChI is InChI=1S/C29H31N3O4/c1-16-13-17(2)23(18(3)14-16)27-22(15-32(31-27)21-11-9-8-10-12-21)26-24(28(33)35-6)19(4)30-20(5)25(26)29(34)36-7/h8-15,26,30H,1-7H3. The van der Waals surface area contributed by atoms with Crippen molar-refractivity contribution in [1.29, 1.82) is 0 Å².